The van der Waals surface area contributed by atoms with Gasteiger partial charge in [-0.1, -0.05) is 29.3 Å². The Morgan fingerprint density at radius 1 is 1.27 bits per heavy atom. The Morgan fingerprint density at radius 2 is 2.00 bits per heavy atom. The molecule has 0 aromatic heterocycles. The maximum absolute atomic E-state index is 6.03. The van der Waals surface area contributed by atoms with Gasteiger partial charge in [-0.15, -0.1) is 0 Å². The predicted octanol–water partition coefficient (Wildman–Crippen LogP) is 5.27. The molecule has 2 aromatic rings. The van der Waals surface area contributed by atoms with Crippen LogP contribution in [0.3, 0.4) is 0 Å². The van der Waals surface area contributed by atoms with Gasteiger partial charge in [-0.2, -0.15) is 5.10 Å². The van der Waals surface area contributed by atoms with Crippen molar-refractivity contribution in [3.63, 3.8) is 0 Å². The van der Waals surface area contributed by atoms with E-state index >= 15 is 0 Å². The highest BCUT2D eigenvalue weighted by molar-refractivity contribution is 9.13. The average Bonchev–Trinajstić information content (AvgIpc) is 2.60. The lowest BCUT2D eigenvalue weighted by Crippen LogP contribution is -2.24. The van der Waals surface area contributed by atoms with E-state index in [4.69, 9.17) is 50.6 Å². The highest BCUT2D eigenvalue weighted by Crippen LogP contribution is 2.42. The number of nitrogens with zero attached hydrogens (tertiary/aromatic N) is 1. The van der Waals surface area contributed by atoms with E-state index < -0.39 is 0 Å². The Bertz CT molecular complexity index is 866. The molecule has 0 radical (unpaired) electrons. The van der Waals surface area contributed by atoms with Crippen LogP contribution in [0, 0.1) is 0 Å². The molecule has 0 spiro atoms. The Morgan fingerprint density at radius 3 is 2.62 bits per heavy atom. The quantitative estimate of drug-likeness (QED) is 0.296. The van der Waals surface area contributed by atoms with Crippen molar-refractivity contribution in [3.8, 4) is 11.5 Å². The van der Waals surface area contributed by atoms with Crippen molar-refractivity contribution in [2.75, 3.05) is 7.11 Å². The second kappa shape index (κ2) is 9.75. The van der Waals surface area contributed by atoms with Gasteiger partial charge in [-0.3, -0.25) is 5.43 Å². The van der Waals surface area contributed by atoms with Crippen LogP contribution in [0.15, 0.2) is 38.3 Å². The molecule has 2 rings (SSSR count). The number of hydrazone groups is 1. The molecule has 0 bridgehead atoms. The lowest BCUT2D eigenvalue weighted by Gasteiger charge is -2.15. The van der Waals surface area contributed by atoms with Crippen LogP contribution in [-0.4, -0.2) is 18.4 Å². The van der Waals surface area contributed by atoms with Gasteiger partial charge in [-0.05, 0) is 67.8 Å². The van der Waals surface area contributed by atoms with Crippen LogP contribution < -0.4 is 20.6 Å². The molecule has 0 atom stereocenters. The van der Waals surface area contributed by atoms with Crippen LogP contribution in [0.2, 0.25) is 10.0 Å². The van der Waals surface area contributed by atoms with Crippen molar-refractivity contribution in [1.29, 1.82) is 0 Å². The van der Waals surface area contributed by atoms with Gasteiger partial charge in [0, 0.05) is 10.0 Å². The van der Waals surface area contributed by atoms with Crippen LogP contribution in [0.5, 0.6) is 11.5 Å². The van der Waals surface area contributed by atoms with Gasteiger partial charge < -0.3 is 15.2 Å². The minimum Gasteiger partial charge on any atom is -0.493 e. The number of nitrogens with two attached hydrogens (primary N) is 1. The number of hydrogen-bond acceptors (Lipinski definition) is 4. The summed E-state index contributed by atoms with van der Waals surface area (Å²) in [7, 11) is 1.55. The van der Waals surface area contributed by atoms with Crippen LogP contribution in [-0.2, 0) is 6.61 Å². The lowest BCUT2D eigenvalue weighted by atomic mass is 10.2. The van der Waals surface area contributed by atoms with Crippen LogP contribution >= 0.6 is 67.3 Å². The molecule has 0 heterocycles. The van der Waals surface area contributed by atoms with Gasteiger partial charge in [0.05, 0.1) is 27.8 Å². The van der Waals surface area contributed by atoms with Crippen molar-refractivity contribution >= 4 is 78.6 Å². The number of ether oxygens (including phenoxy) is 2. The molecule has 0 unspecified atom stereocenters. The second-order valence-corrected chi connectivity index (χ2v) is 7.74. The summed E-state index contributed by atoms with van der Waals surface area (Å²) >= 11 is 23.7. The zero-order valence-corrected chi connectivity index (χ0v) is 18.9. The zero-order valence-electron chi connectivity index (χ0n) is 13.4. The Kier molecular flexibility index (Phi) is 7.97. The van der Waals surface area contributed by atoms with E-state index in [0.717, 1.165) is 15.6 Å². The molecule has 26 heavy (non-hydrogen) atoms. The molecule has 0 aliphatic rings. The average molecular weight is 542 g/mol. The summed E-state index contributed by atoms with van der Waals surface area (Å²) in [5, 5.41) is 4.98. The first-order valence-corrected chi connectivity index (χ1v) is 9.79. The molecular formula is C16H13Br2Cl2N3O2S. The fourth-order valence-electron chi connectivity index (χ4n) is 1.94. The predicted molar refractivity (Wildman–Crippen MR) is 117 cm³/mol. The summed E-state index contributed by atoms with van der Waals surface area (Å²) in [4.78, 5) is 0. The van der Waals surface area contributed by atoms with E-state index in [1.807, 2.05) is 6.07 Å². The highest BCUT2D eigenvalue weighted by Gasteiger charge is 2.17. The Labute approximate surface area is 183 Å². The molecular weight excluding hydrogens is 529 g/mol. The molecule has 5 nitrogen and oxygen atoms in total. The summed E-state index contributed by atoms with van der Waals surface area (Å²) in [5.74, 6) is 1.06. The molecule has 0 aliphatic carbocycles. The molecule has 0 amide bonds. The third-order valence-electron chi connectivity index (χ3n) is 3.12. The van der Waals surface area contributed by atoms with E-state index in [2.05, 4.69) is 42.4 Å². The van der Waals surface area contributed by atoms with Gasteiger partial charge in [-0.25, -0.2) is 0 Å². The van der Waals surface area contributed by atoms with Gasteiger partial charge >= 0.3 is 0 Å². The maximum Gasteiger partial charge on any atom is 0.184 e. The molecule has 3 N–H and O–H groups in total. The van der Waals surface area contributed by atoms with Crippen LogP contribution in [0.25, 0.3) is 0 Å². The van der Waals surface area contributed by atoms with Gasteiger partial charge in [0.1, 0.15) is 6.61 Å². The second-order valence-electron chi connectivity index (χ2n) is 4.90. The van der Waals surface area contributed by atoms with Crippen molar-refractivity contribution < 1.29 is 9.47 Å². The zero-order chi connectivity index (χ0) is 19.3. The summed E-state index contributed by atoms with van der Waals surface area (Å²) in [6.07, 6.45) is 1.55. The molecule has 10 heteroatoms. The monoisotopic (exact) mass is 539 g/mol. The number of hydrogen-bond donors (Lipinski definition) is 2. The van der Waals surface area contributed by atoms with Gasteiger partial charge in [0.25, 0.3) is 0 Å². The highest BCUT2D eigenvalue weighted by atomic mass is 79.9. The summed E-state index contributed by atoms with van der Waals surface area (Å²) < 4.78 is 12.7. The first-order chi connectivity index (χ1) is 12.3. The molecule has 0 fully saturated rings. The van der Waals surface area contributed by atoms with Crippen molar-refractivity contribution in [2.24, 2.45) is 10.8 Å². The number of rotatable bonds is 6. The number of nitrogens with one attached hydrogen (secondary N) is 1. The van der Waals surface area contributed by atoms with E-state index in [9.17, 15) is 0 Å². The minimum atomic E-state index is 0.0741. The van der Waals surface area contributed by atoms with Crippen molar-refractivity contribution in [1.82, 2.24) is 5.43 Å². The normalized spacial score (nSPS) is 10.8. The summed E-state index contributed by atoms with van der Waals surface area (Å²) in [6.45, 7) is 0.286. The van der Waals surface area contributed by atoms with E-state index in [0.29, 0.717) is 26.0 Å². The SMILES string of the molecule is COc1cc(/C=N\NC(N)=S)c(Br)c(Br)c1OCc1ccc(Cl)c(Cl)c1. The Hall–Kier alpha value is -1.06. The van der Waals surface area contributed by atoms with E-state index in [-0.39, 0.29) is 11.7 Å². The first kappa shape index (κ1) is 21.2. The minimum absolute atomic E-state index is 0.0741. The number of halogens is 4. The van der Waals surface area contributed by atoms with Crippen molar-refractivity contribution in [3.05, 3.63) is 54.4 Å². The summed E-state index contributed by atoms with van der Waals surface area (Å²) in [5.41, 5.74) is 9.45. The third kappa shape index (κ3) is 5.47. The number of thiocarbonyl (C=S) groups is 1. The molecule has 2 aromatic carbocycles. The third-order valence-corrected chi connectivity index (χ3v) is 6.09. The van der Waals surface area contributed by atoms with Gasteiger partial charge in [0.2, 0.25) is 0 Å². The summed E-state index contributed by atoms with van der Waals surface area (Å²) in [6, 6.07) is 7.08. The van der Waals surface area contributed by atoms with Gasteiger partial charge in [0.15, 0.2) is 16.6 Å². The van der Waals surface area contributed by atoms with Crippen LogP contribution in [0.1, 0.15) is 11.1 Å². The van der Waals surface area contributed by atoms with E-state index in [1.165, 1.54) is 0 Å². The first-order valence-electron chi connectivity index (χ1n) is 7.04. The largest absolute Gasteiger partial charge is 0.493 e. The standard InChI is InChI=1S/C16H13Br2Cl2N3O2S/c1-24-12-5-9(6-22-23-16(21)26)13(17)14(18)15(12)25-7-8-2-3-10(19)11(20)4-8/h2-6H,7H2,1H3,(H3,21,23,26)/b22-6-. The molecule has 138 valence electrons. The fourth-order valence-corrected chi connectivity index (χ4v) is 3.24. The molecule has 0 aliphatic heterocycles. The Balaban J connectivity index is 2.27. The molecule has 0 saturated carbocycles. The maximum atomic E-state index is 6.03. The lowest BCUT2D eigenvalue weighted by molar-refractivity contribution is 0.282. The topological polar surface area (TPSA) is 68.9 Å². The number of methoxy groups -OCH3 is 1. The number of benzene rings is 2. The van der Waals surface area contributed by atoms with Crippen LogP contribution in [0.4, 0.5) is 0 Å². The fraction of sp³-hybridized carbons (Fsp3) is 0.125. The smallest absolute Gasteiger partial charge is 0.184 e. The molecule has 0 saturated heterocycles. The van der Waals surface area contributed by atoms with E-state index in [1.54, 1.807) is 31.5 Å². The van der Waals surface area contributed by atoms with Crippen molar-refractivity contribution in [2.45, 2.75) is 6.61 Å².